The average molecular weight is 710 g/mol. The summed E-state index contributed by atoms with van der Waals surface area (Å²) in [4.78, 5) is 55.1. The molecule has 0 atom stereocenters. The first kappa shape index (κ1) is 38.9. The Hall–Kier alpha value is -5.91. The Morgan fingerprint density at radius 3 is 2.27 bits per heavy atom. The second-order valence-corrected chi connectivity index (χ2v) is 12.2. The molecule has 4 aromatic rings. The van der Waals surface area contributed by atoms with Gasteiger partial charge in [0.2, 0.25) is 12.3 Å². The Labute approximate surface area is 304 Å². The Morgan fingerprint density at radius 2 is 1.60 bits per heavy atom. The Morgan fingerprint density at radius 1 is 0.885 bits per heavy atom. The van der Waals surface area contributed by atoms with Gasteiger partial charge in [0, 0.05) is 61.0 Å². The molecule has 12 heteroatoms. The minimum absolute atomic E-state index is 0.183. The first-order valence-electron chi connectivity index (χ1n) is 17.2. The lowest BCUT2D eigenvalue weighted by Gasteiger charge is -2.15. The number of esters is 1. The fourth-order valence-corrected chi connectivity index (χ4v) is 5.38. The number of carbonyl (C=O) groups is 4. The smallest absolute Gasteiger partial charge is 0.354 e. The van der Waals surface area contributed by atoms with E-state index < -0.39 is 5.97 Å². The van der Waals surface area contributed by atoms with Crippen LogP contribution in [0.15, 0.2) is 77.9 Å². The third-order valence-corrected chi connectivity index (χ3v) is 8.34. The molecule has 0 saturated heterocycles. The van der Waals surface area contributed by atoms with Crippen LogP contribution in [0.4, 0.5) is 17.1 Å². The van der Waals surface area contributed by atoms with Crippen LogP contribution in [0.5, 0.6) is 11.5 Å². The normalized spacial score (nSPS) is 10.9. The van der Waals surface area contributed by atoms with E-state index in [2.05, 4.69) is 22.5 Å². The fourth-order valence-electron chi connectivity index (χ4n) is 5.38. The van der Waals surface area contributed by atoms with Crippen molar-refractivity contribution in [1.29, 1.82) is 0 Å². The number of amides is 3. The fraction of sp³-hybridized carbons (Fsp3) is 0.325. The number of nitrogens with zero attached hydrogens (tertiary/aromatic N) is 3. The second kappa shape index (κ2) is 19.5. The van der Waals surface area contributed by atoms with Crippen molar-refractivity contribution in [2.75, 3.05) is 44.5 Å². The molecule has 3 aromatic carbocycles. The van der Waals surface area contributed by atoms with Gasteiger partial charge >= 0.3 is 5.97 Å². The van der Waals surface area contributed by atoms with E-state index in [4.69, 9.17) is 14.2 Å². The number of carbonyl (C=O) groups excluding carboxylic acids is 4. The highest BCUT2D eigenvalue weighted by Crippen LogP contribution is 2.34. The summed E-state index contributed by atoms with van der Waals surface area (Å²) in [6, 6.07) is 19.4. The van der Waals surface area contributed by atoms with E-state index in [9.17, 15) is 19.2 Å². The number of nitrogens with one attached hydrogen (secondary N) is 2. The van der Waals surface area contributed by atoms with Crippen LogP contribution in [0.3, 0.4) is 0 Å². The number of unbranched alkanes of at least 4 members (excludes halogenated alkanes) is 2. The van der Waals surface area contributed by atoms with Gasteiger partial charge in [0.15, 0.2) is 11.5 Å². The molecule has 1 aromatic heterocycles. The zero-order valence-electron chi connectivity index (χ0n) is 30.4. The number of benzene rings is 3. The number of methoxy groups -OCH3 is 2. The lowest BCUT2D eigenvalue weighted by Crippen LogP contribution is -2.25. The highest BCUT2D eigenvalue weighted by Gasteiger charge is 2.14. The molecule has 3 amide bonds. The SMILES string of the molecule is CCCCCN(C=O)CC=Nc1cc(OCCCC(=O)Nc2ccc(C(=O)Nc3ccc(-c4cc(C(=O)OC)n(C)c4)cc3)cc2)c(OC)cc1C. The van der Waals surface area contributed by atoms with Crippen LogP contribution in [-0.2, 0) is 21.4 Å². The lowest BCUT2D eigenvalue weighted by atomic mass is 10.1. The molecule has 0 aliphatic rings. The van der Waals surface area contributed by atoms with Crippen molar-refractivity contribution in [3.8, 4) is 22.6 Å². The first-order chi connectivity index (χ1) is 25.1. The zero-order valence-corrected chi connectivity index (χ0v) is 30.4. The van der Waals surface area contributed by atoms with Crippen LogP contribution in [0, 0.1) is 6.92 Å². The monoisotopic (exact) mass is 709 g/mol. The van der Waals surface area contributed by atoms with Crippen molar-refractivity contribution < 1.29 is 33.4 Å². The van der Waals surface area contributed by atoms with Crippen LogP contribution in [0.25, 0.3) is 11.1 Å². The highest BCUT2D eigenvalue weighted by atomic mass is 16.5. The third kappa shape index (κ3) is 11.0. The summed E-state index contributed by atoms with van der Waals surface area (Å²) in [5, 5.41) is 5.74. The molecule has 0 bridgehead atoms. The van der Waals surface area contributed by atoms with E-state index in [-0.39, 0.29) is 24.8 Å². The van der Waals surface area contributed by atoms with Gasteiger partial charge in [-0.25, -0.2) is 4.79 Å². The van der Waals surface area contributed by atoms with E-state index >= 15 is 0 Å². The Bertz CT molecular complexity index is 1850. The third-order valence-electron chi connectivity index (χ3n) is 8.34. The number of hydrogen-bond acceptors (Lipinski definition) is 8. The number of aliphatic imine (C=N–C) groups is 1. The maximum absolute atomic E-state index is 12.9. The van der Waals surface area contributed by atoms with Gasteiger partial charge in [0.1, 0.15) is 5.69 Å². The molecular formula is C40H47N5O7. The summed E-state index contributed by atoms with van der Waals surface area (Å²) in [7, 11) is 4.69. The molecule has 274 valence electrons. The summed E-state index contributed by atoms with van der Waals surface area (Å²) >= 11 is 0. The predicted octanol–water partition coefficient (Wildman–Crippen LogP) is 7.20. The van der Waals surface area contributed by atoms with Crippen molar-refractivity contribution in [3.63, 3.8) is 0 Å². The number of rotatable bonds is 19. The van der Waals surface area contributed by atoms with E-state index in [0.29, 0.717) is 59.3 Å². The van der Waals surface area contributed by atoms with Crippen LogP contribution < -0.4 is 20.1 Å². The van der Waals surface area contributed by atoms with E-state index in [1.165, 1.54) is 7.11 Å². The average Bonchev–Trinajstić information content (AvgIpc) is 3.55. The number of anilines is 2. The van der Waals surface area contributed by atoms with Crippen LogP contribution in [0.1, 0.15) is 65.4 Å². The molecule has 0 saturated carbocycles. The molecule has 0 fully saturated rings. The minimum atomic E-state index is -0.413. The molecule has 0 unspecified atom stereocenters. The molecule has 4 rings (SSSR count). The van der Waals surface area contributed by atoms with Crippen molar-refractivity contribution >= 4 is 47.5 Å². The van der Waals surface area contributed by atoms with Gasteiger partial charge in [-0.15, -0.1) is 0 Å². The minimum Gasteiger partial charge on any atom is -0.493 e. The molecule has 12 nitrogen and oxygen atoms in total. The van der Waals surface area contributed by atoms with Crippen molar-refractivity contribution in [3.05, 3.63) is 89.7 Å². The van der Waals surface area contributed by atoms with Crippen molar-refractivity contribution in [2.45, 2.75) is 46.0 Å². The van der Waals surface area contributed by atoms with Crippen LogP contribution in [-0.4, -0.2) is 73.8 Å². The van der Waals surface area contributed by atoms with E-state index in [1.807, 2.05) is 31.3 Å². The molecular weight excluding hydrogens is 662 g/mol. The maximum Gasteiger partial charge on any atom is 0.354 e. The number of ether oxygens (including phenoxy) is 3. The largest absolute Gasteiger partial charge is 0.493 e. The summed E-state index contributed by atoms with van der Waals surface area (Å²) < 4.78 is 18.0. The summed E-state index contributed by atoms with van der Waals surface area (Å²) in [6.45, 7) is 5.46. The summed E-state index contributed by atoms with van der Waals surface area (Å²) in [6.07, 6.45) is 8.23. The first-order valence-corrected chi connectivity index (χ1v) is 17.2. The van der Waals surface area contributed by atoms with Gasteiger partial charge in [-0.1, -0.05) is 31.9 Å². The van der Waals surface area contributed by atoms with Gasteiger partial charge in [0.05, 0.1) is 33.1 Å². The Kier molecular flexibility index (Phi) is 14.6. The van der Waals surface area contributed by atoms with E-state index in [1.54, 1.807) is 78.4 Å². The van der Waals surface area contributed by atoms with Gasteiger partial charge in [-0.05, 0) is 79.4 Å². The quantitative estimate of drug-likeness (QED) is 0.0454. The van der Waals surface area contributed by atoms with Gasteiger partial charge < -0.3 is 34.3 Å². The van der Waals surface area contributed by atoms with Crippen LogP contribution in [0.2, 0.25) is 0 Å². The van der Waals surface area contributed by atoms with Crippen LogP contribution >= 0.6 is 0 Å². The molecule has 52 heavy (non-hydrogen) atoms. The summed E-state index contributed by atoms with van der Waals surface area (Å²) in [5.74, 6) is 0.201. The highest BCUT2D eigenvalue weighted by molar-refractivity contribution is 6.04. The van der Waals surface area contributed by atoms with Gasteiger partial charge in [-0.2, -0.15) is 0 Å². The molecule has 0 aliphatic heterocycles. The molecule has 1 heterocycles. The summed E-state index contributed by atoms with van der Waals surface area (Å²) in [5.41, 5.74) is 5.42. The Balaban J connectivity index is 1.23. The van der Waals surface area contributed by atoms with Gasteiger partial charge in [-0.3, -0.25) is 19.4 Å². The van der Waals surface area contributed by atoms with Crippen molar-refractivity contribution in [2.24, 2.45) is 12.0 Å². The number of aryl methyl sites for hydroxylation is 2. The molecule has 0 radical (unpaired) electrons. The zero-order chi connectivity index (χ0) is 37.5. The standard InChI is InChI=1S/C40H47N5O7/c1-6-7-8-20-45(27-46)21-19-41-34-25-37(36(50-4)23-28(34)2)52-22-9-10-38(47)42-32-17-13-30(14-18-32)39(48)43-33-15-11-29(12-16-33)31-24-35(40(49)51-5)44(3)26-31/h11-19,23-27H,6-10,20-22H2,1-5H3,(H,42,47)(H,43,48). The second-order valence-electron chi connectivity index (χ2n) is 12.2. The van der Waals surface area contributed by atoms with Crippen molar-refractivity contribution in [1.82, 2.24) is 9.47 Å². The van der Waals surface area contributed by atoms with E-state index in [0.717, 1.165) is 42.4 Å². The maximum atomic E-state index is 12.9. The number of aromatic nitrogens is 1. The molecule has 0 aliphatic carbocycles. The number of hydrogen-bond donors (Lipinski definition) is 2. The lowest BCUT2D eigenvalue weighted by molar-refractivity contribution is -0.117. The topological polar surface area (TPSA) is 141 Å². The molecule has 0 spiro atoms. The predicted molar refractivity (Wildman–Crippen MR) is 203 cm³/mol. The van der Waals surface area contributed by atoms with Gasteiger partial charge in [0.25, 0.3) is 5.91 Å². The molecule has 2 N–H and O–H groups in total.